The molecule has 0 aliphatic heterocycles. The predicted molar refractivity (Wildman–Crippen MR) is 76.2 cm³/mol. The number of anilines is 1. The van der Waals surface area contributed by atoms with Gasteiger partial charge in [0.15, 0.2) is 0 Å². The smallest absolute Gasteiger partial charge is 0.271 e. The lowest BCUT2D eigenvalue weighted by Crippen LogP contribution is -2.18. The van der Waals surface area contributed by atoms with E-state index in [0.29, 0.717) is 17.7 Å². The van der Waals surface area contributed by atoms with Gasteiger partial charge in [0.2, 0.25) is 5.91 Å². The van der Waals surface area contributed by atoms with E-state index in [1.54, 1.807) is 38.1 Å². The van der Waals surface area contributed by atoms with Gasteiger partial charge in [-0.05, 0) is 44.5 Å². The van der Waals surface area contributed by atoms with E-state index < -0.39 is 0 Å². The van der Waals surface area contributed by atoms with Crippen LogP contribution in [0.25, 0.3) is 0 Å². The fourth-order valence-electron chi connectivity index (χ4n) is 1.38. The number of hydrazone groups is 1. The maximum Gasteiger partial charge on any atom is 0.271 e. The van der Waals surface area contributed by atoms with Crippen LogP contribution < -0.4 is 10.7 Å². The van der Waals surface area contributed by atoms with Crippen molar-refractivity contribution in [2.75, 3.05) is 5.32 Å². The number of carbonyl (C=O) groups excluding carboxylic acids is 2. The van der Waals surface area contributed by atoms with Crippen molar-refractivity contribution < 1.29 is 9.59 Å². The second kappa shape index (κ2) is 7.31. The summed E-state index contributed by atoms with van der Waals surface area (Å²) in [6, 6.07) is 6.70. The molecule has 0 unspecified atom stereocenters. The van der Waals surface area contributed by atoms with Gasteiger partial charge in [-0.15, -0.1) is 0 Å². The SMILES string of the molecule is CCCC(=O)Nc1ccc(C(=O)NN=C(C)C)cc1. The third kappa shape index (κ3) is 5.33. The first-order chi connectivity index (χ1) is 9.02. The average molecular weight is 261 g/mol. The maximum atomic E-state index is 11.7. The fourth-order valence-corrected chi connectivity index (χ4v) is 1.38. The molecule has 102 valence electrons. The number of amides is 2. The Kier molecular flexibility index (Phi) is 5.73. The van der Waals surface area contributed by atoms with Gasteiger partial charge in [-0.25, -0.2) is 5.43 Å². The summed E-state index contributed by atoms with van der Waals surface area (Å²) < 4.78 is 0. The van der Waals surface area contributed by atoms with Gasteiger partial charge < -0.3 is 5.32 Å². The van der Waals surface area contributed by atoms with Crippen LogP contribution in [0, 0.1) is 0 Å². The van der Waals surface area contributed by atoms with Gasteiger partial charge in [-0.1, -0.05) is 6.92 Å². The third-order valence-electron chi connectivity index (χ3n) is 2.29. The molecule has 0 bridgehead atoms. The summed E-state index contributed by atoms with van der Waals surface area (Å²) in [6.45, 7) is 5.54. The number of hydrogen-bond acceptors (Lipinski definition) is 3. The summed E-state index contributed by atoms with van der Waals surface area (Å²) in [6.07, 6.45) is 1.30. The van der Waals surface area contributed by atoms with Crippen LogP contribution >= 0.6 is 0 Å². The van der Waals surface area contributed by atoms with E-state index in [-0.39, 0.29) is 11.8 Å². The van der Waals surface area contributed by atoms with Crippen molar-refractivity contribution in [1.82, 2.24) is 5.43 Å². The van der Waals surface area contributed by atoms with Gasteiger partial charge in [0, 0.05) is 23.4 Å². The van der Waals surface area contributed by atoms with Crippen molar-refractivity contribution in [3.63, 3.8) is 0 Å². The van der Waals surface area contributed by atoms with Gasteiger partial charge in [-0.2, -0.15) is 5.10 Å². The minimum absolute atomic E-state index is 0.0223. The molecular weight excluding hydrogens is 242 g/mol. The molecule has 2 N–H and O–H groups in total. The van der Waals surface area contributed by atoms with Crippen LogP contribution in [0.5, 0.6) is 0 Å². The molecular formula is C14H19N3O2. The monoisotopic (exact) mass is 261 g/mol. The molecule has 2 amide bonds. The lowest BCUT2D eigenvalue weighted by atomic mass is 10.2. The molecule has 0 radical (unpaired) electrons. The average Bonchev–Trinajstić information content (AvgIpc) is 2.37. The molecule has 1 aromatic rings. The third-order valence-corrected chi connectivity index (χ3v) is 2.29. The Balaban J connectivity index is 2.63. The maximum absolute atomic E-state index is 11.7. The molecule has 1 rings (SSSR count). The van der Waals surface area contributed by atoms with Crippen LogP contribution in [0.15, 0.2) is 29.4 Å². The van der Waals surface area contributed by atoms with Crippen LogP contribution in [0.3, 0.4) is 0 Å². The van der Waals surface area contributed by atoms with Crippen molar-refractivity contribution in [3.8, 4) is 0 Å². The van der Waals surface area contributed by atoms with Crippen molar-refractivity contribution in [2.24, 2.45) is 5.10 Å². The Morgan fingerprint density at radius 3 is 2.32 bits per heavy atom. The van der Waals surface area contributed by atoms with Gasteiger partial charge in [0.25, 0.3) is 5.91 Å². The number of nitrogens with zero attached hydrogens (tertiary/aromatic N) is 1. The molecule has 0 saturated heterocycles. The second-order valence-corrected chi connectivity index (χ2v) is 4.38. The predicted octanol–water partition coefficient (Wildman–Crippen LogP) is 2.55. The standard InChI is InChI=1S/C14H19N3O2/c1-4-5-13(18)15-12-8-6-11(7-9-12)14(19)17-16-10(2)3/h6-9H,4-5H2,1-3H3,(H,15,18)(H,17,19). The van der Waals surface area contributed by atoms with Crippen LogP contribution in [0.2, 0.25) is 0 Å². The summed E-state index contributed by atoms with van der Waals surface area (Å²) in [7, 11) is 0. The Bertz CT molecular complexity index is 474. The Labute approximate surface area is 113 Å². The highest BCUT2D eigenvalue weighted by Gasteiger charge is 2.05. The van der Waals surface area contributed by atoms with Crippen molar-refractivity contribution in [2.45, 2.75) is 33.6 Å². The quantitative estimate of drug-likeness (QED) is 0.631. The largest absolute Gasteiger partial charge is 0.326 e. The van der Waals surface area contributed by atoms with Gasteiger partial charge in [-0.3, -0.25) is 9.59 Å². The fraction of sp³-hybridized carbons (Fsp3) is 0.357. The van der Waals surface area contributed by atoms with E-state index >= 15 is 0 Å². The highest BCUT2D eigenvalue weighted by Crippen LogP contribution is 2.10. The zero-order chi connectivity index (χ0) is 14.3. The first kappa shape index (κ1) is 14.9. The molecule has 0 heterocycles. The normalized spacial score (nSPS) is 9.63. The van der Waals surface area contributed by atoms with E-state index in [1.165, 1.54) is 0 Å². The minimum Gasteiger partial charge on any atom is -0.326 e. The number of hydrogen-bond donors (Lipinski definition) is 2. The Hall–Kier alpha value is -2.17. The molecule has 0 fully saturated rings. The minimum atomic E-state index is -0.271. The van der Waals surface area contributed by atoms with Crippen molar-refractivity contribution in [3.05, 3.63) is 29.8 Å². The summed E-state index contributed by atoms with van der Waals surface area (Å²) in [5.74, 6) is -0.293. The molecule has 5 nitrogen and oxygen atoms in total. The summed E-state index contributed by atoms with van der Waals surface area (Å²) in [4.78, 5) is 23.1. The lowest BCUT2D eigenvalue weighted by molar-refractivity contribution is -0.116. The highest BCUT2D eigenvalue weighted by atomic mass is 16.2. The van der Waals surface area contributed by atoms with Gasteiger partial charge in [0.05, 0.1) is 0 Å². The van der Waals surface area contributed by atoms with Crippen LogP contribution in [0.1, 0.15) is 44.0 Å². The second-order valence-electron chi connectivity index (χ2n) is 4.38. The van der Waals surface area contributed by atoms with E-state index in [0.717, 1.165) is 12.1 Å². The summed E-state index contributed by atoms with van der Waals surface area (Å²) in [5, 5.41) is 6.60. The molecule has 19 heavy (non-hydrogen) atoms. The summed E-state index contributed by atoms with van der Waals surface area (Å²) >= 11 is 0. The van der Waals surface area contributed by atoms with Crippen molar-refractivity contribution >= 4 is 23.2 Å². The molecule has 0 atom stereocenters. The molecule has 5 heteroatoms. The number of carbonyl (C=O) groups is 2. The number of nitrogens with one attached hydrogen (secondary N) is 2. The molecule has 0 aliphatic rings. The zero-order valence-electron chi connectivity index (χ0n) is 11.5. The Morgan fingerprint density at radius 1 is 1.16 bits per heavy atom. The van der Waals surface area contributed by atoms with E-state index in [9.17, 15) is 9.59 Å². The van der Waals surface area contributed by atoms with Crippen LogP contribution in [-0.4, -0.2) is 17.5 Å². The van der Waals surface area contributed by atoms with Crippen LogP contribution in [-0.2, 0) is 4.79 Å². The molecule has 1 aromatic carbocycles. The van der Waals surface area contributed by atoms with E-state index in [1.807, 2.05) is 6.92 Å². The summed E-state index contributed by atoms with van der Waals surface area (Å²) in [5.41, 5.74) is 4.40. The molecule has 0 aromatic heterocycles. The van der Waals surface area contributed by atoms with Crippen LogP contribution in [0.4, 0.5) is 5.69 Å². The first-order valence-electron chi connectivity index (χ1n) is 6.24. The lowest BCUT2D eigenvalue weighted by Gasteiger charge is -2.05. The topological polar surface area (TPSA) is 70.6 Å². The molecule has 0 aliphatic carbocycles. The van der Waals surface area contributed by atoms with Gasteiger partial charge >= 0.3 is 0 Å². The molecule has 0 spiro atoms. The van der Waals surface area contributed by atoms with Crippen molar-refractivity contribution in [1.29, 1.82) is 0 Å². The van der Waals surface area contributed by atoms with E-state index in [2.05, 4.69) is 15.8 Å². The first-order valence-corrected chi connectivity index (χ1v) is 6.24. The highest BCUT2D eigenvalue weighted by molar-refractivity contribution is 5.96. The molecule has 0 saturated carbocycles. The number of benzene rings is 1. The zero-order valence-corrected chi connectivity index (χ0v) is 11.5. The Morgan fingerprint density at radius 2 is 1.79 bits per heavy atom. The number of rotatable bonds is 5. The van der Waals surface area contributed by atoms with Gasteiger partial charge in [0.1, 0.15) is 0 Å². The van der Waals surface area contributed by atoms with E-state index in [4.69, 9.17) is 0 Å².